The zero-order valence-corrected chi connectivity index (χ0v) is 16.7. The van der Waals surface area contributed by atoms with Crippen molar-refractivity contribution in [3.63, 3.8) is 0 Å². The van der Waals surface area contributed by atoms with E-state index < -0.39 is 5.60 Å². The van der Waals surface area contributed by atoms with E-state index in [4.69, 9.17) is 25.8 Å². The van der Waals surface area contributed by atoms with Gasteiger partial charge in [0, 0.05) is 18.1 Å². The van der Waals surface area contributed by atoms with Crippen LogP contribution in [-0.2, 0) is 15.1 Å². The molecule has 3 rings (SSSR count). The molecule has 1 heterocycles. The summed E-state index contributed by atoms with van der Waals surface area (Å²) in [5.41, 5.74) is -0.431. The highest BCUT2D eigenvalue weighted by Crippen LogP contribution is 2.38. The lowest BCUT2D eigenvalue weighted by molar-refractivity contribution is -0.139. The average Bonchev–Trinajstić information content (AvgIpc) is 2.74. The Morgan fingerprint density at radius 3 is 2.29 bits per heavy atom. The number of benzene rings is 2. The van der Waals surface area contributed by atoms with Crippen molar-refractivity contribution in [1.82, 2.24) is 4.90 Å². The van der Waals surface area contributed by atoms with Crippen molar-refractivity contribution in [2.75, 3.05) is 40.5 Å². The van der Waals surface area contributed by atoms with Crippen molar-refractivity contribution in [3.8, 4) is 11.5 Å². The van der Waals surface area contributed by atoms with E-state index in [1.165, 1.54) is 7.11 Å². The SMILES string of the molecule is COc1ccc(C(O)(CC(=O)N2CCOCC2)c2ccc(Cl)cc2)cc1OC. The summed E-state index contributed by atoms with van der Waals surface area (Å²) < 4.78 is 16.0. The molecule has 0 aliphatic carbocycles. The third kappa shape index (κ3) is 4.24. The second-order valence-electron chi connectivity index (χ2n) is 6.61. The topological polar surface area (TPSA) is 68.2 Å². The predicted molar refractivity (Wildman–Crippen MR) is 106 cm³/mol. The van der Waals surface area contributed by atoms with Gasteiger partial charge in [0.25, 0.3) is 0 Å². The summed E-state index contributed by atoms with van der Waals surface area (Å²) in [6.45, 7) is 2.03. The number of nitrogens with zero attached hydrogens (tertiary/aromatic N) is 1. The summed E-state index contributed by atoms with van der Waals surface area (Å²) in [5.74, 6) is 0.881. The van der Waals surface area contributed by atoms with Gasteiger partial charge in [-0.05, 0) is 35.4 Å². The minimum absolute atomic E-state index is 0.107. The van der Waals surface area contributed by atoms with Gasteiger partial charge in [0.2, 0.25) is 5.91 Å². The molecule has 1 aliphatic heterocycles. The molecule has 2 aromatic carbocycles. The number of rotatable bonds is 6. The number of halogens is 1. The first-order chi connectivity index (χ1) is 13.5. The molecule has 1 aliphatic rings. The first kappa shape index (κ1) is 20.5. The fraction of sp³-hybridized carbons (Fsp3) is 0.381. The fourth-order valence-electron chi connectivity index (χ4n) is 3.33. The maximum Gasteiger partial charge on any atom is 0.226 e. The van der Waals surface area contributed by atoms with Crippen molar-refractivity contribution in [3.05, 3.63) is 58.6 Å². The van der Waals surface area contributed by atoms with Crippen molar-refractivity contribution < 1.29 is 24.1 Å². The molecule has 7 heteroatoms. The van der Waals surface area contributed by atoms with Crippen LogP contribution in [0.25, 0.3) is 0 Å². The van der Waals surface area contributed by atoms with E-state index in [-0.39, 0.29) is 12.3 Å². The third-order valence-electron chi connectivity index (χ3n) is 4.95. The van der Waals surface area contributed by atoms with Gasteiger partial charge in [-0.25, -0.2) is 0 Å². The minimum Gasteiger partial charge on any atom is -0.493 e. The molecule has 0 saturated carbocycles. The number of hydrogen-bond acceptors (Lipinski definition) is 5. The fourth-order valence-corrected chi connectivity index (χ4v) is 3.46. The molecule has 1 N–H and O–H groups in total. The van der Waals surface area contributed by atoms with E-state index in [0.29, 0.717) is 54.0 Å². The lowest BCUT2D eigenvalue weighted by Gasteiger charge is -2.33. The van der Waals surface area contributed by atoms with Crippen LogP contribution >= 0.6 is 11.6 Å². The van der Waals surface area contributed by atoms with Crippen LogP contribution in [0.4, 0.5) is 0 Å². The Balaban J connectivity index is 2.01. The molecule has 1 unspecified atom stereocenters. The molecule has 6 nitrogen and oxygen atoms in total. The van der Waals surface area contributed by atoms with Crippen molar-refractivity contribution in [2.24, 2.45) is 0 Å². The number of methoxy groups -OCH3 is 2. The summed E-state index contributed by atoms with van der Waals surface area (Å²) in [4.78, 5) is 14.6. The number of amides is 1. The van der Waals surface area contributed by atoms with Gasteiger partial charge in [0.15, 0.2) is 11.5 Å². The molecule has 1 fully saturated rings. The van der Waals surface area contributed by atoms with Gasteiger partial charge in [-0.1, -0.05) is 29.8 Å². The van der Waals surface area contributed by atoms with E-state index >= 15 is 0 Å². The Hall–Kier alpha value is -2.28. The molecule has 2 aromatic rings. The van der Waals surface area contributed by atoms with Gasteiger partial charge in [-0.3, -0.25) is 4.79 Å². The minimum atomic E-state index is -1.54. The van der Waals surface area contributed by atoms with Gasteiger partial charge >= 0.3 is 0 Å². The molecule has 28 heavy (non-hydrogen) atoms. The smallest absolute Gasteiger partial charge is 0.226 e. The van der Waals surface area contributed by atoms with E-state index in [1.54, 1.807) is 54.5 Å². The second kappa shape index (κ2) is 8.82. The molecule has 1 saturated heterocycles. The van der Waals surface area contributed by atoms with Gasteiger partial charge in [0.05, 0.1) is 33.9 Å². The zero-order valence-electron chi connectivity index (χ0n) is 16.0. The maximum absolute atomic E-state index is 12.9. The first-order valence-corrected chi connectivity index (χ1v) is 9.42. The van der Waals surface area contributed by atoms with Crippen LogP contribution in [0.15, 0.2) is 42.5 Å². The second-order valence-corrected chi connectivity index (χ2v) is 7.04. The number of morpholine rings is 1. The first-order valence-electron chi connectivity index (χ1n) is 9.04. The molecule has 0 bridgehead atoms. The summed E-state index contributed by atoms with van der Waals surface area (Å²) in [5, 5.41) is 12.3. The quantitative estimate of drug-likeness (QED) is 0.800. The molecular formula is C21H24ClNO5. The van der Waals surface area contributed by atoms with Gasteiger partial charge in [0.1, 0.15) is 5.60 Å². The summed E-state index contributed by atoms with van der Waals surface area (Å²) >= 11 is 6.02. The Bertz CT molecular complexity index is 820. The highest BCUT2D eigenvalue weighted by atomic mass is 35.5. The Kier molecular flexibility index (Phi) is 6.44. The highest BCUT2D eigenvalue weighted by molar-refractivity contribution is 6.30. The van der Waals surface area contributed by atoms with E-state index in [1.807, 2.05) is 0 Å². The Morgan fingerprint density at radius 2 is 1.68 bits per heavy atom. The van der Waals surface area contributed by atoms with Crippen molar-refractivity contribution in [1.29, 1.82) is 0 Å². The van der Waals surface area contributed by atoms with Crippen molar-refractivity contribution >= 4 is 17.5 Å². The van der Waals surface area contributed by atoms with E-state index in [0.717, 1.165) is 0 Å². The van der Waals surface area contributed by atoms with Crippen LogP contribution < -0.4 is 9.47 Å². The number of carbonyl (C=O) groups is 1. The molecule has 1 atom stereocenters. The number of aliphatic hydroxyl groups is 1. The maximum atomic E-state index is 12.9. The average molecular weight is 406 g/mol. The van der Waals surface area contributed by atoms with Gasteiger partial charge < -0.3 is 24.2 Å². The molecule has 0 radical (unpaired) electrons. The monoisotopic (exact) mass is 405 g/mol. The molecular weight excluding hydrogens is 382 g/mol. The summed E-state index contributed by atoms with van der Waals surface area (Å²) in [6.07, 6.45) is -0.107. The van der Waals surface area contributed by atoms with E-state index in [2.05, 4.69) is 0 Å². The number of ether oxygens (including phenoxy) is 3. The van der Waals surface area contributed by atoms with Crippen LogP contribution in [0.2, 0.25) is 5.02 Å². The molecule has 1 amide bonds. The van der Waals surface area contributed by atoms with Crippen molar-refractivity contribution in [2.45, 2.75) is 12.0 Å². The lowest BCUT2D eigenvalue weighted by atomic mass is 9.83. The number of hydrogen-bond donors (Lipinski definition) is 1. The predicted octanol–water partition coefficient (Wildman–Crippen LogP) is 2.84. The van der Waals surface area contributed by atoms with Gasteiger partial charge in [-0.2, -0.15) is 0 Å². The van der Waals surface area contributed by atoms with E-state index in [9.17, 15) is 9.90 Å². The van der Waals surface area contributed by atoms with Crippen LogP contribution in [0.5, 0.6) is 11.5 Å². The molecule has 0 spiro atoms. The third-order valence-corrected chi connectivity index (χ3v) is 5.21. The van der Waals surface area contributed by atoms with Crippen LogP contribution in [0.3, 0.4) is 0 Å². The lowest BCUT2D eigenvalue weighted by Crippen LogP contribution is -2.44. The Labute approximate surface area is 169 Å². The molecule has 0 aromatic heterocycles. The zero-order chi connectivity index (χ0) is 20.1. The molecule has 150 valence electrons. The van der Waals surface area contributed by atoms with Gasteiger partial charge in [-0.15, -0.1) is 0 Å². The Morgan fingerprint density at radius 1 is 1.07 bits per heavy atom. The van der Waals surface area contributed by atoms with Crippen LogP contribution in [0, 0.1) is 0 Å². The van der Waals surface area contributed by atoms with Crippen LogP contribution in [0.1, 0.15) is 17.5 Å². The normalized spacial score (nSPS) is 16.4. The van der Waals surface area contributed by atoms with Crippen LogP contribution in [-0.4, -0.2) is 56.4 Å². The standard InChI is InChI=1S/C21H24ClNO5/c1-26-18-8-5-16(13-19(18)27-2)21(25,15-3-6-17(22)7-4-15)14-20(24)23-9-11-28-12-10-23/h3-8,13,25H,9-12,14H2,1-2H3. The summed E-state index contributed by atoms with van der Waals surface area (Å²) in [7, 11) is 3.08. The number of carbonyl (C=O) groups excluding carboxylic acids is 1. The largest absolute Gasteiger partial charge is 0.493 e. The highest BCUT2D eigenvalue weighted by Gasteiger charge is 2.37. The summed E-state index contributed by atoms with van der Waals surface area (Å²) in [6, 6.07) is 12.0.